The van der Waals surface area contributed by atoms with Gasteiger partial charge in [0.15, 0.2) is 11.4 Å². The van der Waals surface area contributed by atoms with E-state index in [0.29, 0.717) is 17.5 Å². The number of carbonyl (C=O) groups excluding carboxylic acids is 3. The Hall–Kier alpha value is -3.61. The fraction of sp³-hybridized carbons (Fsp3) is 0.423. The number of carbonyl (C=O) groups is 3. The number of nitrogens with two attached hydrogens (primary N) is 1. The number of aromatic hydroxyl groups is 1. The lowest BCUT2D eigenvalue weighted by molar-refractivity contribution is -0.153. The van der Waals surface area contributed by atoms with Gasteiger partial charge in [-0.3, -0.25) is 19.3 Å². The maximum atomic E-state index is 13.7. The minimum atomic E-state index is -2.64. The van der Waals surface area contributed by atoms with Gasteiger partial charge >= 0.3 is 0 Å². The molecule has 6 N–H and O–H groups in total. The van der Waals surface area contributed by atoms with Gasteiger partial charge in [-0.2, -0.15) is 0 Å². The molecular weight excluding hydrogens is 452 g/mol. The van der Waals surface area contributed by atoms with Gasteiger partial charge in [0, 0.05) is 23.5 Å². The van der Waals surface area contributed by atoms with Crippen LogP contribution < -0.4 is 5.73 Å². The third-order valence-corrected chi connectivity index (χ3v) is 7.20. The number of ketones is 2. The van der Waals surface area contributed by atoms with Gasteiger partial charge in [0.1, 0.15) is 22.8 Å². The van der Waals surface area contributed by atoms with Crippen molar-refractivity contribution in [1.82, 2.24) is 4.90 Å². The third kappa shape index (κ3) is 3.44. The molecule has 3 aliphatic carbocycles. The van der Waals surface area contributed by atoms with Crippen LogP contribution in [0.4, 0.5) is 0 Å². The minimum absolute atomic E-state index is 0.0449. The predicted molar refractivity (Wildman–Crippen MR) is 126 cm³/mol. The molecule has 0 spiro atoms. The number of aliphatic hydroxyl groups is 3. The first-order valence-corrected chi connectivity index (χ1v) is 11.4. The summed E-state index contributed by atoms with van der Waals surface area (Å²) in [6, 6.07) is 1.91. The van der Waals surface area contributed by atoms with E-state index in [1.165, 1.54) is 11.0 Å². The second-order valence-corrected chi connectivity index (χ2v) is 9.50. The Labute approximate surface area is 202 Å². The van der Waals surface area contributed by atoms with Crippen LogP contribution in [0.5, 0.6) is 5.75 Å². The van der Waals surface area contributed by atoms with Crippen molar-refractivity contribution < 1.29 is 34.8 Å². The number of phenolic OH excluding ortho intramolecular Hbond substituents is 1. The van der Waals surface area contributed by atoms with Crippen LogP contribution in [0.2, 0.25) is 0 Å². The van der Waals surface area contributed by atoms with Gasteiger partial charge in [-0.1, -0.05) is 18.8 Å². The summed E-state index contributed by atoms with van der Waals surface area (Å²) in [7, 11) is 3.12. The predicted octanol–water partition coefficient (Wildman–Crippen LogP) is 1.12. The largest absolute Gasteiger partial charge is 0.508 e. The van der Waals surface area contributed by atoms with E-state index in [1.54, 1.807) is 20.2 Å². The summed E-state index contributed by atoms with van der Waals surface area (Å²) in [5, 5.41) is 44.1. The van der Waals surface area contributed by atoms with E-state index in [2.05, 4.69) is 11.8 Å². The van der Waals surface area contributed by atoms with Crippen molar-refractivity contribution in [2.24, 2.45) is 17.6 Å². The lowest BCUT2D eigenvalue weighted by Gasteiger charge is -2.50. The van der Waals surface area contributed by atoms with Crippen molar-refractivity contribution in [3.8, 4) is 17.6 Å². The van der Waals surface area contributed by atoms with Crippen LogP contribution in [-0.2, 0) is 20.8 Å². The highest BCUT2D eigenvalue weighted by Crippen LogP contribution is 2.52. The molecule has 0 aromatic heterocycles. The van der Waals surface area contributed by atoms with E-state index in [1.807, 2.05) is 6.92 Å². The topological polar surface area (TPSA) is 161 Å². The molecule has 1 aromatic carbocycles. The van der Waals surface area contributed by atoms with E-state index in [9.17, 15) is 34.8 Å². The Bertz CT molecular complexity index is 1280. The second kappa shape index (κ2) is 8.56. The fourth-order valence-electron chi connectivity index (χ4n) is 5.64. The maximum Gasteiger partial charge on any atom is 0.255 e. The average Bonchev–Trinajstić information content (AvgIpc) is 2.77. The number of unbranched alkanes of at least 4 members (excludes halogenated alkanes) is 1. The summed E-state index contributed by atoms with van der Waals surface area (Å²) in [5.41, 5.74) is 2.89. The molecule has 184 valence electrons. The number of amides is 1. The van der Waals surface area contributed by atoms with Gasteiger partial charge in [-0.05, 0) is 57.0 Å². The van der Waals surface area contributed by atoms with Gasteiger partial charge < -0.3 is 26.2 Å². The van der Waals surface area contributed by atoms with E-state index in [4.69, 9.17) is 5.73 Å². The number of hydrogen-bond acceptors (Lipinski definition) is 8. The van der Waals surface area contributed by atoms with Crippen LogP contribution in [0.3, 0.4) is 0 Å². The average molecular weight is 481 g/mol. The molecule has 1 fully saturated rings. The van der Waals surface area contributed by atoms with Crippen LogP contribution >= 0.6 is 0 Å². The molecule has 0 bridgehead atoms. The molecule has 0 heterocycles. The molecule has 9 heteroatoms. The van der Waals surface area contributed by atoms with Crippen molar-refractivity contribution in [3.63, 3.8) is 0 Å². The van der Waals surface area contributed by atoms with E-state index in [-0.39, 0.29) is 29.7 Å². The van der Waals surface area contributed by atoms with Crippen molar-refractivity contribution in [1.29, 1.82) is 0 Å². The monoisotopic (exact) mass is 480 g/mol. The Morgan fingerprint density at radius 1 is 1.23 bits per heavy atom. The Balaban J connectivity index is 1.95. The number of benzene rings is 1. The van der Waals surface area contributed by atoms with Crippen molar-refractivity contribution >= 4 is 23.2 Å². The van der Waals surface area contributed by atoms with Crippen LogP contribution in [-0.4, -0.2) is 68.5 Å². The van der Waals surface area contributed by atoms with Crippen LogP contribution in [0, 0.1) is 23.7 Å². The molecule has 0 aliphatic heterocycles. The van der Waals surface area contributed by atoms with Gasteiger partial charge in [0.25, 0.3) is 5.91 Å². The molecule has 0 unspecified atom stereocenters. The Morgan fingerprint density at radius 3 is 2.51 bits per heavy atom. The Morgan fingerprint density at radius 2 is 1.91 bits per heavy atom. The molecule has 9 nitrogen and oxygen atoms in total. The molecule has 35 heavy (non-hydrogen) atoms. The van der Waals surface area contributed by atoms with Gasteiger partial charge in [-0.25, -0.2) is 0 Å². The maximum absolute atomic E-state index is 13.7. The zero-order valence-electron chi connectivity index (χ0n) is 19.8. The highest BCUT2D eigenvalue weighted by atomic mass is 16.3. The van der Waals surface area contributed by atoms with Crippen LogP contribution in [0.25, 0.3) is 5.76 Å². The molecule has 0 saturated heterocycles. The quantitative estimate of drug-likeness (QED) is 0.318. The minimum Gasteiger partial charge on any atom is -0.508 e. The molecule has 1 aromatic rings. The number of Topliss-reactive ketones (excluding diaryl/α,β-unsaturated/α-hetero) is 2. The fourth-order valence-corrected chi connectivity index (χ4v) is 5.64. The van der Waals surface area contributed by atoms with Crippen molar-refractivity contribution in [2.45, 2.75) is 44.2 Å². The standard InChI is InChI=1S/C26H28N2O7/c1-4-5-6-7-12-8-9-16(29)18-14(12)10-13-11-15-20(28(2)3)22(31)19(25(27)34)24(33)26(15,35)23(32)17(13)21(18)30/h8-9,13,15,20,29-30,33,35H,4-5,10-11H2,1-3H3,(H2,27,34)/t13-,15-,20-,26+/m1/s1. The molecule has 1 amide bonds. The van der Waals surface area contributed by atoms with Crippen LogP contribution in [0.15, 0.2) is 29.0 Å². The molecule has 4 rings (SSSR count). The highest BCUT2D eigenvalue weighted by molar-refractivity contribution is 6.24. The number of hydrogen-bond donors (Lipinski definition) is 5. The van der Waals surface area contributed by atoms with Crippen molar-refractivity contribution in [2.75, 3.05) is 14.1 Å². The SMILES string of the molecule is CCCC#Cc1ccc(O)c2c1C[C@@H]1C[C@@H]3[C@@H](N(C)C)C(=O)C(C(N)=O)=C(O)[C@@]3(O)C(=O)C1=C2O. The highest BCUT2D eigenvalue weighted by Gasteiger charge is 2.64. The first kappa shape index (κ1) is 24.5. The summed E-state index contributed by atoms with van der Waals surface area (Å²) in [5.74, 6) is -0.556. The number of aliphatic hydroxyl groups excluding tert-OH is 2. The Kier molecular flexibility index (Phi) is 5.99. The molecule has 0 radical (unpaired) electrons. The zero-order valence-corrected chi connectivity index (χ0v) is 19.8. The van der Waals surface area contributed by atoms with E-state index >= 15 is 0 Å². The zero-order chi connectivity index (χ0) is 25.8. The third-order valence-electron chi connectivity index (χ3n) is 7.20. The second-order valence-electron chi connectivity index (χ2n) is 9.50. The number of phenols is 1. The summed E-state index contributed by atoms with van der Waals surface area (Å²) in [4.78, 5) is 40.3. The summed E-state index contributed by atoms with van der Waals surface area (Å²) in [6.45, 7) is 2.00. The van der Waals surface area contributed by atoms with Crippen LogP contribution in [0.1, 0.15) is 42.9 Å². The van der Waals surface area contributed by atoms with Gasteiger partial charge in [0.2, 0.25) is 5.78 Å². The van der Waals surface area contributed by atoms with Crippen molar-refractivity contribution in [3.05, 3.63) is 45.7 Å². The number of likely N-dealkylation sites (N-methyl/N-ethyl adjacent to an activating group) is 1. The molecule has 3 aliphatic rings. The molecular formula is C26H28N2O7. The number of fused-ring (bicyclic) bond motifs is 3. The summed E-state index contributed by atoms with van der Waals surface area (Å²) in [6.07, 6.45) is 1.80. The lowest BCUT2D eigenvalue weighted by Crippen LogP contribution is -2.65. The number of nitrogens with zero attached hydrogens (tertiary/aromatic N) is 1. The molecule has 4 atom stereocenters. The smallest absolute Gasteiger partial charge is 0.255 e. The lowest BCUT2D eigenvalue weighted by atomic mass is 9.57. The van der Waals surface area contributed by atoms with E-state index < -0.39 is 58.0 Å². The number of primary amides is 1. The van der Waals surface area contributed by atoms with E-state index in [0.717, 1.165) is 6.42 Å². The first-order valence-electron chi connectivity index (χ1n) is 11.4. The first-order chi connectivity index (χ1) is 16.5. The normalized spacial score (nSPS) is 27.7. The number of rotatable bonds is 3. The molecule has 1 saturated carbocycles. The summed E-state index contributed by atoms with van der Waals surface area (Å²) >= 11 is 0. The van der Waals surface area contributed by atoms with Gasteiger partial charge in [0.05, 0.1) is 11.6 Å². The van der Waals surface area contributed by atoms with Gasteiger partial charge in [-0.15, -0.1) is 0 Å². The summed E-state index contributed by atoms with van der Waals surface area (Å²) < 4.78 is 0.